The Balaban J connectivity index is 0.00000144. The van der Waals surface area contributed by atoms with Gasteiger partial charge in [0.15, 0.2) is 0 Å². The number of aromatic nitrogens is 2. The van der Waals surface area contributed by atoms with Crippen LogP contribution in [0, 0.1) is 13.8 Å². The van der Waals surface area contributed by atoms with Crippen molar-refractivity contribution in [1.29, 1.82) is 0 Å². The SMILES string of the molecule is Cc1cc(Nc2cc(N)ccc2C)ncn1.Cl. The van der Waals surface area contributed by atoms with Crippen LogP contribution in [0.15, 0.2) is 30.6 Å². The van der Waals surface area contributed by atoms with Gasteiger partial charge in [-0.05, 0) is 31.5 Å². The summed E-state index contributed by atoms with van der Waals surface area (Å²) < 4.78 is 0. The van der Waals surface area contributed by atoms with Crippen LogP contribution in [0.5, 0.6) is 0 Å². The zero-order chi connectivity index (χ0) is 11.5. The molecule has 1 aromatic carbocycles. The van der Waals surface area contributed by atoms with E-state index in [1.54, 1.807) is 6.33 Å². The lowest BCUT2D eigenvalue weighted by Crippen LogP contribution is -1.98. The molecule has 0 radical (unpaired) electrons. The van der Waals surface area contributed by atoms with Gasteiger partial charge in [0.25, 0.3) is 0 Å². The number of rotatable bonds is 2. The van der Waals surface area contributed by atoms with Crippen LogP contribution in [0.2, 0.25) is 0 Å². The van der Waals surface area contributed by atoms with Crippen molar-refractivity contribution in [3.05, 3.63) is 41.9 Å². The van der Waals surface area contributed by atoms with E-state index >= 15 is 0 Å². The Hall–Kier alpha value is -1.81. The molecule has 90 valence electrons. The van der Waals surface area contributed by atoms with E-state index in [0.717, 1.165) is 28.5 Å². The summed E-state index contributed by atoms with van der Waals surface area (Å²) >= 11 is 0. The molecular weight excluding hydrogens is 236 g/mol. The summed E-state index contributed by atoms with van der Waals surface area (Å²) in [7, 11) is 0. The van der Waals surface area contributed by atoms with Crippen LogP contribution in [0.25, 0.3) is 0 Å². The predicted molar refractivity (Wildman–Crippen MR) is 72.9 cm³/mol. The summed E-state index contributed by atoms with van der Waals surface area (Å²) in [5, 5.41) is 3.22. The highest BCUT2D eigenvalue weighted by Crippen LogP contribution is 2.21. The van der Waals surface area contributed by atoms with Crippen LogP contribution in [-0.4, -0.2) is 9.97 Å². The molecule has 4 nitrogen and oxygen atoms in total. The average molecular weight is 251 g/mol. The van der Waals surface area contributed by atoms with Gasteiger partial charge in [0.05, 0.1) is 0 Å². The zero-order valence-electron chi connectivity index (χ0n) is 9.77. The van der Waals surface area contributed by atoms with Crippen molar-refractivity contribution in [1.82, 2.24) is 9.97 Å². The van der Waals surface area contributed by atoms with E-state index in [0.29, 0.717) is 0 Å². The van der Waals surface area contributed by atoms with E-state index in [-0.39, 0.29) is 12.4 Å². The molecule has 0 spiro atoms. The summed E-state index contributed by atoms with van der Waals surface area (Å²) in [5.74, 6) is 0.779. The topological polar surface area (TPSA) is 63.8 Å². The normalized spacial score (nSPS) is 9.53. The molecule has 1 heterocycles. The Morgan fingerprint density at radius 1 is 1.12 bits per heavy atom. The average Bonchev–Trinajstić information content (AvgIpc) is 2.24. The monoisotopic (exact) mass is 250 g/mol. The lowest BCUT2D eigenvalue weighted by atomic mass is 10.2. The van der Waals surface area contributed by atoms with Gasteiger partial charge in [-0.1, -0.05) is 6.07 Å². The second-order valence-corrected chi connectivity index (χ2v) is 3.74. The molecule has 5 heteroatoms. The third-order valence-electron chi connectivity index (χ3n) is 2.33. The van der Waals surface area contributed by atoms with Crippen LogP contribution in [0.1, 0.15) is 11.3 Å². The van der Waals surface area contributed by atoms with Crippen LogP contribution in [0.4, 0.5) is 17.2 Å². The van der Waals surface area contributed by atoms with E-state index in [9.17, 15) is 0 Å². The van der Waals surface area contributed by atoms with Crippen molar-refractivity contribution in [3.63, 3.8) is 0 Å². The molecule has 0 atom stereocenters. The number of anilines is 3. The summed E-state index contributed by atoms with van der Waals surface area (Å²) in [6.07, 6.45) is 1.54. The van der Waals surface area contributed by atoms with Crippen LogP contribution < -0.4 is 11.1 Å². The smallest absolute Gasteiger partial charge is 0.133 e. The number of nitrogens with one attached hydrogen (secondary N) is 1. The lowest BCUT2D eigenvalue weighted by molar-refractivity contribution is 1.10. The third kappa shape index (κ3) is 3.32. The van der Waals surface area contributed by atoms with Crippen molar-refractivity contribution in [3.8, 4) is 0 Å². The first-order chi connectivity index (χ1) is 7.65. The molecule has 2 aromatic rings. The Bertz CT molecular complexity index is 514. The predicted octanol–water partition coefficient (Wildman–Crippen LogP) is 2.84. The Morgan fingerprint density at radius 2 is 1.88 bits per heavy atom. The molecule has 0 fully saturated rings. The maximum atomic E-state index is 5.74. The molecule has 0 aliphatic carbocycles. The first kappa shape index (κ1) is 13.3. The van der Waals surface area contributed by atoms with Crippen molar-refractivity contribution < 1.29 is 0 Å². The third-order valence-corrected chi connectivity index (χ3v) is 2.33. The Morgan fingerprint density at radius 3 is 2.59 bits per heavy atom. The van der Waals surface area contributed by atoms with Gasteiger partial charge in [0, 0.05) is 23.1 Å². The van der Waals surface area contributed by atoms with Crippen LogP contribution >= 0.6 is 12.4 Å². The van der Waals surface area contributed by atoms with E-state index in [2.05, 4.69) is 15.3 Å². The summed E-state index contributed by atoms with van der Waals surface area (Å²) in [6, 6.07) is 7.65. The van der Waals surface area contributed by atoms with Crippen LogP contribution in [0.3, 0.4) is 0 Å². The molecular formula is C12H15ClN4. The fourth-order valence-corrected chi connectivity index (χ4v) is 1.44. The molecule has 0 unspecified atom stereocenters. The number of hydrogen-bond donors (Lipinski definition) is 2. The fraction of sp³-hybridized carbons (Fsp3) is 0.167. The number of aryl methyl sites for hydroxylation is 2. The van der Waals surface area contributed by atoms with Gasteiger partial charge in [-0.2, -0.15) is 0 Å². The van der Waals surface area contributed by atoms with E-state index in [4.69, 9.17) is 5.73 Å². The quantitative estimate of drug-likeness (QED) is 0.805. The molecule has 0 aliphatic heterocycles. The number of nitrogens with zero attached hydrogens (tertiary/aromatic N) is 2. The summed E-state index contributed by atoms with van der Waals surface area (Å²) in [5.41, 5.74) is 9.50. The van der Waals surface area contributed by atoms with Gasteiger partial charge in [-0.25, -0.2) is 9.97 Å². The standard InChI is InChI=1S/C12H14N4.ClH/c1-8-3-4-10(13)6-11(8)16-12-5-9(2)14-7-15-12;/h3-7H,13H2,1-2H3,(H,14,15,16);1H. The molecule has 0 bridgehead atoms. The molecule has 0 saturated carbocycles. The maximum Gasteiger partial charge on any atom is 0.133 e. The van der Waals surface area contributed by atoms with Gasteiger partial charge in [-0.3, -0.25) is 0 Å². The highest BCUT2D eigenvalue weighted by Gasteiger charge is 2.00. The molecule has 1 aromatic heterocycles. The van der Waals surface area contributed by atoms with Crippen molar-refractivity contribution in [2.24, 2.45) is 0 Å². The van der Waals surface area contributed by atoms with Gasteiger partial charge in [-0.15, -0.1) is 12.4 Å². The first-order valence-electron chi connectivity index (χ1n) is 5.07. The second kappa shape index (κ2) is 5.50. The lowest BCUT2D eigenvalue weighted by Gasteiger charge is -2.09. The van der Waals surface area contributed by atoms with Crippen molar-refractivity contribution in [2.75, 3.05) is 11.1 Å². The van der Waals surface area contributed by atoms with E-state index in [1.165, 1.54) is 0 Å². The number of benzene rings is 1. The van der Waals surface area contributed by atoms with Crippen molar-refractivity contribution in [2.45, 2.75) is 13.8 Å². The summed E-state index contributed by atoms with van der Waals surface area (Å²) in [4.78, 5) is 8.19. The largest absolute Gasteiger partial charge is 0.399 e. The van der Waals surface area contributed by atoms with Gasteiger partial charge < -0.3 is 11.1 Å². The minimum atomic E-state index is 0. The van der Waals surface area contributed by atoms with Gasteiger partial charge >= 0.3 is 0 Å². The minimum absolute atomic E-state index is 0. The van der Waals surface area contributed by atoms with Crippen molar-refractivity contribution >= 4 is 29.6 Å². The molecule has 0 saturated heterocycles. The highest BCUT2D eigenvalue weighted by molar-refractivity contribution is 5.85. The highest BCUT2D eigenvalue weighted by atomic mass is 35.5. The fourth-order valence-electron chi connectivity index (χ4n) is 1.44. The van der Waals surface area contributed by atoms with Gasteiger partial charge in [0.2, 0.25) is 0 Å². The number of hydrogen-bond acceptors (Lipinski definition) is 4. The zero-order valence-corrected chi connectivity index (χ0v) is 10.6. The molecule has 0 aliphatic rings. The molecule has 17 heavy (non-hydrogen) atoms. The second-order valence-electron chi connectivity index (χ2n) is 3.74. The summed E-state index contributed by atoms with van der Waals surface area (Å²) in [6.45, 7) is 3.95. The Labute approximate surface area is 107 Å². The number of nitrogens with two attached hydrogens (primary N) is 1. The molecule has 3 N–H and O–H groups in total. The Kier molecular flexibility index (Phi) is 4.29. The van der Waals surface area contributed by atoms with E-state index < -0.39 is 0 Å². The maximum absolute atomic E-state index is 5.74. The number of halogens is 1. The first-order valence-corrected chi connectivity index (χ1v) is 5.07. The minimum Gasteiger partial charge on any atom is -0.399 e. The molecule has 0 amide bonds. The number of nitrogen functional groups attached to an aromatic ring is 1. The van der Waals surface area contributed by atoms with Gasteiger partial charge in [0.1, 0.15) is 12.1 Å². The van der Waals surface area contributed by atoms with Crippen LogP contribution in [-0.2, 0) is 0 Å². The van der Waals surface area contributed by atoms with E-state index in [1.807, 2.05) is 38.1 Å². The molecule has 2 rings (SSSR count).